The predicted octanol–water partition coefficient (Wildman–Crippen LogP) is 0.992. The molecule has 0 aliphatic carbocycles. The van der Waals surface area contributed by atoms with Crippen molar-refractivity contribution in [2.75, 3.05) is 25.5 Å². The van der Waals surface area contributed by atoms with Gasteiger partial charge in [-0.2, -0.15) is 0 Å². The van der Waals surface area contributed by atoms with Crippen molar-refractivity contribution < 1.29 is 9.53 Å². The van der Waals surface area contributed by atoms with Gasteiger partial charge in [0.15, 0.2) is 0 Å². The van der Waals surface area contributed by atoms with E-state index in [0.717, 1.165) is 31.7 Å². The summed E-state index contributed by atoms with van der Waals surface area (Å²) in [7, 11) is 0. The van der Waals surface area contributed by atoms with E-state index in [1.165, 1.54) is 0 Å². The molecule has 1 aromatic heterocycles. The molecule has 1 atom stereocenters. The summed E-state index contributed by atoms with van der Waals surface area (Å²) in [5.74, 6) is 0.730. The molecule has 1 fully saturated rings. The number of hydrogen-bond donors (Lipinski definition) is 2. The van der Waals surface area contributed by atoms with Crippen LogP contribution in [0.3, 0.4) is 0 Å². The van der Waals surface area contributed by atoms with Crippen LogP contribution in [0.4, 0.5) is 5.82 Å². The molecule has 1 unspecified atom stereocenters. The Morgan fingerprint density at radius 2 is 2.44 bits per heavy atom. The van der Waals surface area contributed by atoms with Crippen LogP contribution in [-0.4, -0.2) is 30.6 Å². The number of carbonyl (C=O) groups is 1. The highest BCUT2D eigenvalue weighted by Crippen LogP contribution is 2.12. The van der Waals surface area contributed by atoms with E-state index in [1.54, 1.807) is 12.1 Å². The van der Waals surface area contributed by atoms with Crippen molar-refractivity contribution in [2.45, 2.75) is 19.8 Å². The van der Waals surface area contributed by atoms with Crippen molar-refractivity contribution in [3.05, 3.63) is 23.4 Å². The van der Waals surface area contributed by atoms with E-state index in [-0.39, 0.29) is 5.91 Å². The highest BCUT2D eigenvalue weighted by Gasteiger charge is 2.17. The molecule has 1 aromatic rings. The first-order chi connectivity index (χ1) is 8.69. The minimum Gasteiger partial charge on any atom is -0.384 e. The summed E-state index contributed by atoms with van der Waals surface area (Å²) in [6.45, 7) is 4.17. The molecule has 0 radical (unpaired) electrons. The minimum atomic E-state index is -0.0919. The minimum absolute atomic E-state index is 0.0919. The molecular formula is C13H19N3O2. The van der Waals surface area contributed by atoms with Gasteiger partial charge in [0.2, 0.25) is 0 Å². The van der Waals surface area contributed by atoms with Gasteiger partial charge in [-0.05, 0) is 25.0 Å². The Bertz CT molecular complexity index is 428. The number of hydrogen-bond acceptors (Lipinski definition) is 4. The van der Waals surface area contributed by atoms with Crippen LogP contribution in [0.2, 0.25) is 0 Å². The zero-order chi connectivity index (χ0) is 13.0. The lowest BCUT2D eigenvalue weighted by Gasteiger charge is -2.10. The summed E-state index contributed by atoms with van der Waals surface area (Å²) in [5.41, 5.74) is 7.10. The topological polar surface area (TPSA) is 77.2 Å². The Morgan fingerprint density at radius 3 is 3.11 bits per heavy atom. The molecule has 0 bridgehead atoms. The number of rotatable bonds is 4. The monoisotopic (exact) mass is 249 g/mol. The summed E-state index contributed by atoms with van der Waals surface area (Å²) in [6.07, 6.45) is 1.78. The van der Waals surface area contributed by atoms with Gasteiger partial charge in [0.25, 0.3) is 5.91 Å². The first kappa shape index (κ1) is 12.8. The van der Waals surface area contributed by atoms with E-state index in [2.05, 4.69) is 10.3 Å². The second-order valence-corrected chi connectivity index (χ2v) is 4.57. The van der Waals surface area contributed by atoms with E-state index in [1.807, 2.05) is 6.92 Å². The van der Waals surface area contributed by atoms with Crippen molar-refractivity contribution in [1.29, 1.82) is 0 Å². The van der Waals surface area contributed by atoms with Crippen LogP contribution in [0, 0.1) is 5.92 Å². The number of ether oxygens (including phenoxy) is 1. The summed E-state index contributed by atoms with van der Waals surface area (Å²) in [6, 6.07) is 3.40. The standard InChI is InChI=1S/C13H19N3O2/c1-2-11-5-10(6-12(14)16-11)13(17)15-7-9-3-4-18-8-9/h5-6,9H,2-4,7-8H2,1H3,(H2,14,16)(H,15,17). The number of amides is 1. The summed E-state index contributed by atoms with van der Waals surface area (Å²) in [5, 5.41) is 2.92. The lowest BCUT2D eigenvalue weighted by Crippen LogP contribution is -2.29. The Hall–Kier alpha value is -1.62. The van der Waals surface area contributed by atoms with E-state index in [4.69, 9.17) is 10.5 Å². The zero-order valence-electron chi connectivity index (χ0n) is 10.6. The molecule has 3 N–H and O–H groups in total. The van der Waals surface area contributed by atoms with Gasteiger partial charge in [0, 0.05) is 30.3 Å². The van der Waals surface area contributed by atoms with Crippen molar-refractivity contribution in [3.63, 3.8) is 0 Å². The second kappa shape index (κ2) is 5.82. The Kier molecular flexibility index (Phi) is 4.15. The van der Waals surface area contributed by atoms with Crippen LogP contribution >= 0.6 is 0 Å². The number of aryl methyl sites for hydroxylation is 1. The van der Waals surface area contributed by atoms with Crippen LogP contribution in [0.25, 0.3) is 0 Å². The molecule has 2 rings (SSSR count). The third kappa shape index (κ3) is 3.20. The second-order valence-electron chi connectivity index (χ2n) is 4.57. The van der Waals surface area contributed by atoms with Crippen LogP contribution in [0.1, 0.15) is 29.4 Å². The maximum atomic E-state index is 12.0. The number of carbonyl (C=O) groups excluding carboxylic acids is 1. The van der Waals surface area contributed by atoms with Gasteiger partial charge in [-0.1, -0.05) is 6.92 Å². The summed E-state index contributed by atoms with van der Waals surface area (Å²) < 4.78 is 5.27. The fraction of sp³-hybridized carbons (Fsp3) is 0.538. The van der Waals surface area contributed by atoms with E-state index < -0.39 is 0 Å². The SMILES string of the molecule is CCc1cc(C(=O)NCC2CCOC2)cc(N)n1. The summed E-state index contributed by atoms with van der Waals surface area (Å²) >= 11 is 0. The molecular weight excluding hydrogens is 230 g/mol. The number of nitrogens with two attached hydrogens (primary N) is 1. The third-order valence-electron chi connectivity index (χ3n) is 3.10. The van der Waals surface area contributed by atoms with Crippen molar-refractivity contribution in [2.24, 2.45) is 5.92 Å². The fourth-order valence-corrected chi connectivity index (χ4v) is 2.01. The molecule has 18 heavy (non-hydrogen) atoms. The molecule has 0 spiro atoms. The van der Waals surface area contributed by atoms with Gasteiger partial charge >= 0.3 is 0 Å². The molecule has 0 saturated carbocycles. The van der Waals surface area contributed by atoms with Gasteiger partial charge in [-0.15, -0.1) is 0 Å². The molecule has 5 heteroatoms. The number of nitrogen functional groups attached to an aromatic ring is 1. The average Bonchev–Trinajstić information content (AvgIpc) is 2.88. The Balaban J connectivity index is 1.97. The predicted molar refractivity (Wildman–Crippen MR) is 69.3 cm³/mol. The molecule has 1 aliphatic rings. The molecule has 0 aromatic carbocycles. The molecule has 5 nitrogen and oxygen atoms in total. The lowest BCUT2D eigenvalue weighted by molar-refractivity contribution is 0.0945. The Labute approximate surface area is 107 Å². The molecule has 98 valence electrons. The molecule has 1 aliphatic heterocycles. The number of pyridine rings is 1. The number of nitrogens with one attached hydrogen (secondary N) is 1. The molecule has 1 saturated heterocycles. The number of anilines is 1. The van der Waals surface area contributed by atoms with Crippen LogP contribution in [-0.2, 0) is 11.2 Å². The van der Waals surface area contributed by atoms with E-state index in [0.29, 0.717) is 23.8 Å². The smallest absolute Gasteiger partial charge is 0.251 e. The normalized spacial score (nSPS) is 18.8. The zero-order valence-corrected chi connectivity index (χ0v) is 10.6. The average molecular weight is 249 g/mol. The van der Waals surface area contributed by atoms with Gasteiger partial charge in [0.05, 0.1) is 6.61 Å². The number of nitrogens with zero attached hydrogens (tertiary/aromatic N) is 1. The van der Waals surface area contributed by atoms with E-state index >= 15 is 0 Å². The van der Waals surface area contributed by atoms with Crippen LogP contribution < -0.4 is 11.1 Å². The summed E-state index contributed by atoms with van der Waals surface area (Å²) in [4.78, 5) is 16.1. The largest absolute Gasteiger partial charge is 0.384 e. The first-order valence-electron chi connectivity index (χ1n) is 6.31. The highest BCUT2D eigenvalue weighted by molar-refractivity contribution is 5.94. The van der Waals surface area contributed by atoms with E-state index in [9.17, 15) is 4.79 Å². The van der Waals surface area contributed by atoms with Gasteiger partial charge in [-0.25, -0.2) is 4.98 Å². The fourth-order valence-electron chi connectivity index (χ4n) is 2.01. The quantitative estimate of drug-likeness (QED) is 0.834. The van der Waals surface area contributed by atoms with Crippen molar-refractivity contribution in [3.8, 4) is 0 Å². The van der Waals surface area contributed by atoms with Gasteiger partial charge < -0.3 is 15.8 Å². The van der Waals surface area contributed by atoms with Gasteiger partial charge in [-0.3, -0.25) is 4.79 Å². The van der Waals surface area contributed by atoms with Gasteiger partial charge in [0.1, 0.15) is 5.82 Å². The third-order valence-corrected chi connectivity index (χ3v) is 3.10. The maximum Gasteiger partial charge on any atom is 0.251 e. The maximum absolute atomic E-state index is 12.0. The molecule has 1 amide bonds. The van der Waals surface area contributed by atoms with Crippen molar-refractivity contribution >= 4 is 11.7 Å². The first-order valence-corrected chi connectivity index (χ1v) is 6.31. The highest BCUT2D eigenvalue weighted by atomic mass is 16.5. The number of aromatic nitrogens is 1. The van der Waals surface area contributed by atoms with Crippen LogP contribution in [0.15, 0.2) is 12.1 Å². The molecule has 2 heterocycles. The van der Waals surface area contributed by atoms with Crippen LogP contribution in [0.5, 0.6) is 0 Å². The lowest BCUT2D eigenvalue weighted by atomic mass is 10.1. The van der Waals surface area contributed by atoms with Crippen molar-refractivity contribution in [1.82, 2.24) is 10.3 Å². The Morgan fingerprint density at radius 1 is 1.61 bits per heavy atom.